The summed E-state index contributed by atoms with van der Waals surface area (Å²) in [5.41, 5.74) is 0. The molecule has 1 aliphatic carbocycles. The topological polar surface area (TPSA) is 26.3 Å². The summed E-state index contributed by atoms with van der Waals surface area (Å²) in [6, 6.07) is 0. The Balaban J connectivity index is 2.01. The molecule has 78 valence electrons. The summed E-state index contributed by atoms with van der Waals surface area (Å²) in [6.07, 6.45) is 5.16. The van der Waals surface area contributed by atoms with E-state index < -0.39 is 0 Å². The van der Waals surface area contributed by atoms with Gasteiger partial charge in [-0.1, -0.05) is 12.2 Å². The van der Waals surface area contributed by atoms with Crippen LogP contribution in [0.4, 0.5) is 0 Å². The number of ether oxygens (including phenoxy) is 1. The van der Waals surface area contributed by atoms with Crippen LogP contribution in [-0.2, 0) is 9.53 Å². The predicted octanol–water partition coefficient (Wildman–Crippen LogP) is 2.16. The molecule has 0 N–H and O–H groups in total. The number of carbonyl (C=O) groups is 1. The summed E-state index contributed by atoms with van der Waals surface area (Å²) < 4.78 is 5.39. The van der Waals surface area contributed by atoms with Crippen LogP contribution in [-0.4, -0.2) is 29.2 Å². The number of hydrogen-bond donors (Lipinski definition) is 0. The van der Waals surface area contributed by atoms with E-state index in [0.29, 0.717) is 10.5 Å². The third-order valence-electron chi connectivity index (χ3n) is 2.68. The van der Waals surface area contributed by atoms with Crippen molar-refractivity contribution < 1.29 is 9.53 Å². The van der Waals surface area contributed by atoms with Gasteiger partial charge in [0.25, 0.3) is 0 Å². The number of hydrogen-bond acceptors (Lipinski definition) is 4. The second-order valence-electron chi connectivity index (χ2n) is 3.48. The van der Waals surface area contributed by atoms with Crippen molar-refractivity contribution >= 4 is 29.5 Å². The molecule has 0 radical (unpaired) electrons. The Bertz CT molecular complexity index is 247. The highest BCUT2D eigenvalue weighted by molar-refractivity contribution is 8.20. The Kier molecular flexibility index (Phi) is 3.44. The van der Waals surface area contributed by atoms with Crippen LogP contribution in [0.25, 0.3) is 0 Å². The molecule has 0 unspecified atom stereocenters. The van der Waals surface area contributed by atoms with Crippen molar-refractivity contribution in [3.63, 3.8) is 0 Å². The number of rotatable bonds is 2. The molecule has 0 aromatic rings. The molecular weight excluding hydrogens is 216 g/mol. The lowest BCUT2D eigenvalue weighted by molar-refractivity contribution is -0.146. The van der Waals surface area contributed by atoms with Gasteiger partial charge >= 0.3 is 5.97 Å². The van der Waals surface area contributed by atoms with Gasteiger partial charge in [0.1, 0.15) is 0 Å². The molecule has 2 aliphatic rings. The molecule has 1 fully saturated rings. The summed E-state index contributed by atoms with van der Waals surface area (Å²) in [4.78, 5) is 11.5. The van der Waals surface area contributed by atoms with Crippen molar-refractivity contribution in [2.24, 2.45) is 11.8 Å². The maximum absolute atomic E-state index is 11.5. The zero-order valence-electron chi connectivity index (χ0n) is 8.14. The number of allylic oxidation sites excluding steroid dienone is 2. The minimum absolute atomic E-state index is 0.0481. The van der Waals surface area contributed by atoms with E-state index in [0.717, 1.165) is 6.42 Å². The van der Waals surface area contributed by atoms with Gasteiger partial charge in [0, 0.05) is 17.4 Å². The normalized spacial score (nSPS) is 32.4. The van der Waals surface area contributed by atoms with Gasteiger partial charge in [0.05, 0.1) is 17.6 Å². The third-order valence-corrected chi connectivity index (χ3v) is 5.92. The van der Waals surface area contributed by atoms with Gasteiger partial charge in [-0.3, -0.25) is 4.79 Å². The predicted molar refractivity (Wildman–Crippen MR) is 61.5 cm³/mol. The molecule has 14 heavy (non-hydrogen) atoms. The molecule has 2 rings (SSSR count). The Labute approximate surface area is 92.8 Å². The molecular formula is C10H14O2S2. The summed E-state index contributed by atoms with van der Waals surface area (Å²) in [5.74, 6) is 2.84. The van der Waals surface area contributed by atoms with Gasteiger partial charge in [0.15, 0.2) is 0 Å². The van der Waals surface area contributed by atoms with Crippen LogP contribution in [0.2, 0.25) is 0 Å². The fraction of sp³-hybridized carbons (Fsp3) is 0.700. The standard InChI is InChI=1S/C10H14O2S2/c1-12-9(11)7-3-2-4-8(7)10-13-5-6-14-10/h2,4,7-8,10H,3,5-6H2,1H3/t7-,8+/m0/s1. The molecule has 0 saturated carbocycles. The largest absolute Gasteiger partial charge is 0.469 e. The number of thioether (sulfide) groups is 2. The molecule has 1 heterocycles. The summed E-state index contributed by atoms with van der Waals surface area (Å²) in [6.45, 7) is 0. The molecule has 0 spiro atoms. The summed E-state index contributed by atoms with van der Waals surface area (Å²) in [5, 5.41) is 0. The van der Waals surface area contributed by atoms with Crippen LogP contribution >= 0.6 is 23.5 Å². The van der Waals surface area contributed by atoms with Crippen LogP contribution in [0.3, 0.4) is 0 Å². The first-order valence-electron chi connectivity index (χ1n) is 4.80. The van der Waals surface area contributed by atoms with Gasteiger partial charge in [0.2, 0.25) is 0 Å². The van der Waals surface area contributed by atoms with Crippen molar-refractivity contribution in [1.29, 1.82) is 0 Å². The second-order valence-corrected chi connectivity index (χ2v) is 6.28. The van der Waals surface area contributed by atoms with Crippen LogP contribution in [0.1, 0.15) is 6.42 Å². The maximum Gasteiger partial charge on any atom is 0.309 e. The van der Waals surface area contributed by atoms with Gasteiger partial charge < -0.3 is 4.74 Å². The van der Waals surface area contributed by atoms with E-state index in [4.69, 9.17) is 4.74 Å². The zero-order chi connectivity index (χ0) is 9.97. The fourth-order valence-corrected chi connectivity index (χ4v) is 5.16. The lowest BCUT2D eigenvalue weighted by atomic mass is 9.97. The molecule has 2 atom stereocenters. The van der Waals surface area contributed by atoms with E-state index >= 15 is 0 Å². The van der Waals surface area contributed by atoms with E-state index in [1.54, 1.807) is 0 Å². The second kappa shape index (κ2) is 4.62. The summed E-state index contributed by atoms with van der Waals surface area (Å²) >= 11 is 3.95. The first kappa shape index (κ1) is 10.4. The molecule has 0 bridgehead atoms. The smallest absolute Gasteiger partial charge is 0.309 e. The molecule has 1 saturated heterocycles. The first-order chi connectivity index (χ1) is 6.83. The molecule has 0 amide bonds. The minimum atomic E-state index is -0.0481. The summed E-state index contributed by atoms with van der Waals surface area (Å²) in [7, 11) is 1.48. The van der Waals surface area contributed by atoms with Crippen molar-refractivity contribution in [3.8, 4) is 0 Å². The highest BCUT2D eigenvalue weighted by Crippen LogP contribution is 2.44. The van der Waals surface area contributed by atoms with E-state index in [1.165, 1.54) is 18.6 Å². The number of carbonyl (C=O) groups excluding carboxylic acids is 1. The number of methoxy groups -OCH3 is 1. The zero-order valence-corrected chi connectivity index (χ0v) is 9.77. The van der Waals surface area contributed by atoms with E-state index in [1.807, 2.05) is 23.5 Å². The van der Waals surface area contributed by atoms with E-state index in [-0.39, 0.29) is 11.9 Å². The van der Waals surface area contributed by atoms with Crippen LogP contribution in [0.5, 0.6) is 0 Å². The molecule has 1 aliphatic heterocycles. The van der Waals surface area contributed by atoms with Crippen molar-refractivity contribution in [2.45, 2.75) is 11.0 Å². The number of esters is 1. The molecule has 2 nitrogen and oxygen atoms in total. The molecule has 0 aromatic carbocycles. The highest BCUT2D eigenvalue weighted by Gasteiger charge is 2.37. The molecule has 0 aromatic heterocycles. The lowest BCUT2D eigenvalue weighted by Crippen LogP contribution is -2.25. The van der Waals surface area contributed by atoms with Crippen molar-refractivity contribution in [1.82, 2.24) is 0 Å². The Hall–Kier alpha value is -0.0900. The average Bonchev–Trinajstić information content (AvgIpc) is 2.85. The van der Waals surface area contributed by atoms with Gasteiger partial charge in [-0.2, -0.15) is 0 Å². The quantitative estimate of drug-likeness (QED) is 0.536. The van der Waals surface area contributed by atoms with Crippen LogP contribution < -0.4 is 0 Å². The van der Waals surface area contributed by atoms with Gasteiger partial charge in [-0.05, 0) is 6.42 Å². The van der Waals surface area contributed by atoms with Crippen molar-refractivity contribution in [2.75, 3.05) is 18.6 Å². The monoisotopic (exact) mass is 230 g/mol. The van der Waals surface area contributed by atoms with E-state index in [2.05, 4.69) is 12.2 Å². The average molecular weight is 230 g/mol. The SMILES string of the molecule is COC(=O)[C@H]1CC=C[C@H]1C1SCCS1. The maximum atomic E-state index is 11.5. The molecule has 4 heteroatoms. The van der Waals surface area contributed by atoms with Gasteiger partial charge in [-0.25, -0.2) is 0 Å². The fourth-order valence-electron chi connectivity index (χ4n) is 1.96. The third kappa shape index (κ3) is 1.96. The Morgan fingerprint density at radius 3 is 2.79 bits per heavy atom. The first-order valence-corrected chi connectivity index (χ1v) is 6.90. The van der Waals surface area contributed by atoms with Gasteiger partial charge in [-0.15, -0.1) is 23.5 Å². The minimum Gasteiger partial charge on any atom is -0.469 e. The highest BCUT2D eigenvalue weighted by atomic mass is 32.2. The van der Waals surface area contributed by atoms with Crippen molar-refractivity contribution in [3.05, 3.63) is 12.2 Å². The van der Waals surface area contributed by atoms with E-state index in [9.17, 15) is 4.79 Å². The van der Waals surface area contributed by atoms with Crippen LogP contribution in [0.15, 0.2) is 12.2 Å². The Morgan fingerprint density at radius 2 is 2.14 bits per heavy atom. The van der Waals surface area contributed by atoms with Crippen LogP contribution in [0, 0.1) is 11.8 Å². The Morgan fingerprint density at radius 1 is 1.43 bits per heavy atom. The lowest BCUT2D eigenvalue weighted by Gasteiger charge is -2.21.